The van der Waals surface area contributed by atoms with Crippen LogP contribution in [0.5, 0.6) is 0 Å². The maximum Gasteiger partial charge on any atom is 0.224 e. The molecule has 0 radical (unpaired) electrons. The number of aromatic nitrogens is 2. The van der Waals surface area contributed by atoms with Crippen LogP contribution >= 0.6 is 0 Å². The summed E-state index contributed by atoms with van der Waals surface area (Å²) in [6.45, 7) is 8.12. The van der Waals surface area contributed by atoms with Crippen LogP contribution in [0.2, 0.25) is 0 Å². The van der Waals surface area contributed by atoms with Gasteiger partial charge in [0.25, 0.3) is 0 Å². The van der Waals surface area contributed by atoms with Gasteiger partial charge in [-0.3, -0.25) is 9.48 Å². The minimum absolute atomic E-state index is 0.0955. The Labute approximate surface area is 209 Å². The van der Waals surface area contributed by atoms with E-state index in [2.05, 4.69) is 74.7 Å². The van der Waals surface area contributed by atoms with E-state index >= 15 is 0 Å². The summed E-state index contributed by atoms with van der Waals surface area (Å²) in [5, 5.41) is 11.3. The molecule has 0 bridgehead atoms. The number of hydrogen-bond donors (Lipinski definition) is 2. The molecule has 1 amide bonds. The number of carbonyl (C=O) groups is 1. The molecule has 1 aliphatic heterocycles. The highest BCUT2D eigenvalue weighted by atomic mass is 16.1. The van der Waals surface area contributed by atoms with Crippen molar-refractivity contribution >= 4 is 17.3 Å². The van der Waals surface area contributed by atoms with Crippen molar-refractivity contribution < 1.29 is 4.79 Å². The Bertz CT molecular complexity index is 1050. The summed E-state index contributed by atoms with van der Waals surface area (Å²) in [6, 6.07) is 21.4. The Morgan fingerprint density at radius 1 is 1.00 bits per heavy atom. The topological polar surface area (TPSA) is 62.2 Å². The Balaban J connectivity index is 1.12. The van der Waals surface area contributed by atoms with Gasteiger partial charge in [0.15, 0.2) is 0 Å². The molecule has 0 saturated carbocycles. The third-order valence-corrected chi connectivity index (χ3v) is 6.83. The van der Waals surface area contributed by atoms with Gasteiger partial charge in [0.05, 0.1) is 12.2 Å². The summed E-state index contributed by atoms with van der Waals surface area (Å²) in [6.07, 6.45) is 5.80. The van der Waals surface area contributed by atoms with Crippen molar-refractivity contribution in [3.63, 3.8) is 0 Å². The van der Waals surface area contributed by atoms with Crippen LogP contribution in [0.15, 0.2) is 60.7 Å². The summed E-state index contributed by atoms with van der Waals surface area (Å²) in [5.74, 6) is 0.0955. The Kier molecular flexibility index (Phi) is 8.96. The van der Waals surface area contributed by atoms with Crippen LogP contribution in [0.25, 0.3) is 0 Å². The standard InChI is InChI=1S/C29H39N5O/c1-23-22-24(2)34(32-23)21-18-30-26-16-19-33(20-17-26)28-14-12-27(13-15-28)31-29(35)11-7-6-10-25-8-4-3-5-9-25/h3-5,8-9,12-15,22,26,30H,6-7,10-11,16-21H2,1-2H3,(H,31,35). The van der Waals surface area contributed by atoms with E-state index in [9.17, 15) is 4.79 Å². The number of anilines is 2. The van der Waals surface area contributed by atoms with E-state index in [1.807, 2.05) is 25.1 Å². The lowest BCUT2D eigenvalue weighted by Gasteiger charge is -2.34. The van der Waals surface area contributed by atoms with Crippen molar-refractivity contribution in [1.29, 1.82) is 0 Å². The van der Waals surface area contributed by atoms with Crippen LogP contribution in [0.3, 0.4) is 0 Å². The second-order valence-corrected chi connectivity index (χ2v) is 9.65. The van der Waals surface area contributed by atoms with Crippen molar-refractivity contribution in [2.24, 2.45) is 0 Å². The number of amides is 1. The number of nitrogens with zero attached hydrogens (tertiary/aromatic N) is 3. The molecule has 1 aliphatic rings. The van der Waals surface area contributed by atoms with Gasteiger partial charge in [0.1, 0.15) is 0 Å². The first kappa shape index (κ1) is 25.0. The van der Waals surface area contributed by atoms with Gasteiger partial charge >= 0.3 is 0 Å². The molecule has 2 heterocycles. The molecule has 4 rings (SSSR count). The SMILES string of the molecule is Cc1cc(C)n(CCNC2CCN(c3ccc(NC(=O)CCCCc4ccccc4)cc3)CC2)n1. The van der Waals surface area contributed by atoms with Gasteiger partial charge in [-0.25, -0.2) is 0 Å². The van der Waals surface area contributed by atoms with Crippen molar-refractivity contribution in [1.82, 2.24) is 15.1 Å². The van der Waals surface area contributed by atoms with Gasteiger partial charge in [0, 0.05) is 49.2 Å². The van der Waals surface area contributed by atoms with Crippen LogP contribution in [0, 0.1) is 13.8 Å². The number of benzene rings is 2. The lowest BCUT2D eigenvalue weighted by Crippen LogP contribution is -2.43. The fourth-order valence-electron chi connectivity index (χ4n) is 4.86. The zero-order valence-corrected chi connectivity index (χ0v) is 21.2. The average Bonchev–Trinajstić information content (AvgIpc) is 3.20. The lowest BCUT2D eigenvalue weighted by molar-refractivity contribution is -0.116. The molecule has 0 spiro atoms. The molecular formula is C29H39N5O. The van der Waals surface area contributed by atoms with E-state index in [1.165, 1.54) is 16.9 Å². The summed E-state index contributed by atoms with van der Waals surface area (Å²) >= 11 is 0. The molecule has 186 valence electrons. The molecule has 2 N–H and O–H groups in total. The number of carbonyl (C=O) groups excluding carboxylic acids is 1. The van der Waals surface area contributed by atoms with Gasteiger partial charge in [-0.2, -0.15) is 5.10 Å². The smallest absolute Gasteiger partial charge is 0.224 e. The number of aryl methyl sites for hydroxylation is 3. The highest BCUT2D eigenvalue weighted by Crippen LogP contribution is 2.22. The molecule has 1 fully saturated rings. The zero-order valence-electron chi connectivity index (χ0n) is 21.2. The highest BCUT2D eigenvalue weighted by molar-refractivity contribution is 5.90. The third kappa shape index (κ3) is 7.69. The zero-order chi connectivity index (χ0) is 24.5. The summed E-state index contributed by atoms with van der Waals surface area (Å²) in [5.41, 5.74) is 5.75. The minimum Gasteiger partial charge on any atom is -0.371 e. The maximum atomic E-state index is 12.3. The van der Waals surface area contributed by atoms with Gasteiger partial charge in [0.2, 0.25) is 5.91 Å². The summed E-state index contributed by atoms with van der Waals surface area (Å²) < 4.78 is 2.09. The van der Waals surface area contributed by atoms with Crippen LogP contribution < -0.4 is 15.5 Å². The van der Waals surface area contributed by atoms with Crippen molar-refractivity contribution in [3.8, 4) is 0 Å². The van der Waals surface area contributed by atoms with Gasteiger partial charge in [-0.05, 0) is 81.8 Å². The highest BCUT2D eigenvalue weighted by Gasteiger charge is 2.19. The summed E-state index contributed by atoms with van der Waals surface area (Å²) in [4.78, 5) is 14.7. The molecule has 1 saturated heterocycles. The fourth-order valence-corrected chi connectivity index (χ4v) is 4.86. The van der Waals surface area contributed by atoms with Gasteiger partial charge in [-0.15, -0.1) is 0 Å². The number of hydrogen-bond acceptors (Lipinski definition) is 4. The van der Waals surface area contributed by atoms with E-state index < -0.39 is 0 Å². The molecule has 0 atom stereocenters. The molecule has 3 aromatic rings. The molecule has 0 aliphatic carbocycles. The monoisotopic (exact) mass is 473 g/mol. The Hall–Kier alpha value is -3.12. The van der Waals surface area contributed by atoms with E-state index in [0.717, 1.165) is 69.7 Å². The van der Waals surface area contributed by atoms with Crippen LogP contribution in [-0.2, 0) is 17.8 Å². The molecule has 0 unspecified atom stereocenters. The first-order chi connectivity index (χ1) is 17.1. The van der Waals surface area contributed by atoms with E-state index in [4.69, 9.17) is 0 Å². The van der Waals surface area contributed by atoms with Crippen molar-refractivity contribution in [2.45, 2.75) is 65.0 Å². The second-order valence-electron chi connectivity index (χ2n) is 9.65. The van der Waals surface area contributed by atoms with Crippen molar-refractivity contribution in [2.75, 3.05) is 29.9 Å². The predicted molar refractivity (Wildman–Crippen MR) is 144 cm³/mol. The predicted octanol–water partition coefficient (Wildman–Crippen LogP) is 5.11. The minimum atomic E-state index is 0.0955. The third-order valence-electron chi connectivity index (χ3n) is 6.83. The normalized spacial score (nSPS) is 14.3. The van der Waals surface area contributed by atoms with Gasteiger partial charge < -0.3 is 15.5 Å². The van der Waals surface area contributed by atoms with E-state index in [1.54, 1.807) is 0 Å². The first-order valence-electron chi connectivity index (χ1n) is 13.0. The first-order valence-corrected chi connectivity index (χ1v) is 13.0. The molecule has 2 aromatic carbocycles. The molecular weight excluding hydrogens is 434 g/mol. The average molecular weight is 474 g/mol. The van der Waals surface area contributed by atoms with Crippen LogP contribution in [-0.4, -0.2) is 41.4 Å². The number of unbranched alkanes of at least 4 members (excludes halogenated alkanes) is 1. The van der Waals surface area contributed by atoms with Crippen LogP contribution in [0.1, 0.15) is 49.1 Å². The number of nitrogens with one attached hydrogen (secondary N) is 2. The van der Waals surface area contributed by atoms with Crippen LogP contribution in [0.4, 0.5) is 11.4 Å². The maximum absolute atomic E-state index is 12.3. The quantitative estimate of drug-likeness (QED) is 0.380. The molecule has 6 nitrogen and oxygen atoms in total. The fraction of sp³-hybridized carbons (Fsp3) is 0.448. The molecule has 1 aromatic heterocycles. The van der Waals surface area contributed by atoms with Crippen molar-refractivity contribution in [3.05, 3.63) is 77.6 Å². The largest absolute Gasteiger partial charge is 0.371 e. The number of rotatable bonds is 11. The lowest BCUT2D eigenvalue weighted by atomic mass is 10.0. The summed E-state index contributed by atoms with van der Waals surface area (Å²) in [7, 11) is 0. The Morgan fingerprint density at radius 3 is 2.43 bits per heavy atom. The van der Waals surface area contributed by atoms with E-state index in [-0.39, 0.29) is 5.91 Å². The number of piperidine rings is 1. The Morgan fingerprint density at radius 2 is 1.74 bits per heavy atom. The molecule has 6 heteroatoms. The molecule has 35 heavy (non-hydrogen) atoms. The van der Waals surface area contributed by atoms with Gasteiger partial charge in [-0.1, -0.05) is 30.3 Å². The second kappa shape index (κ2) is 12.5. The van der Waals surface area contributed by atoms with E-state index in [0.29, 0.717) is 12.5 Å².